The molecule has 2 rings (SSSR count). The lowest BCUT2D eigenvalue weighted by atomic mass is 9.97. The van der Waals surface area contributed by atoms with E-state index in [0.29, 0.717) is 12.2 Å². The Morgan fingerprint density at radius 3 is 2.15 bits per heavy atom. The third-order valence-corrected chi connectivity index (χ3v) is 3.06. The average molecular weight is 278 g/mol. The van der Waals surface area contributed by atoms with Gasteiger partial charge >= 0.3 is 0 Å². The van der Waals surface area contributed by atoms with Crippen molar-refractivity contribution in [3.8, 4) is 0 Å². The molecule has 0 heterocycles. The van der Waals surface area contributed by atoms with Crippen molar-refractivity contribution < 1.29 is 18.6 Å². The smallest absolute Gasteiger partial charge is 0.132 e. The van der Waals surface area contributed by atoms with Gasteiger partial charge in [-0.25, -0.2) is 8.78 Å². The number of ether oxygens (including phenoxy) is 1. The second-order valence-electron chi connectivity index (χ2n) is 4.37. The summed E-state index contributed by atoms with van der Waals surface area (Å²) in [4.78, 5) is 0. The summed E-state index contributed by atoms with van der Waals surface area (Å²) < 4.78 is 33.0. The van der Waals surface area contributed by atoms with Gasteiger partial charge in [0, 0.05) is 6.61 Å². The molecule has 0 saturated heterocycles. The summed E-state index contributed by atoms with van der Waals surface area (Å²) in [5.41, 5.74) is 0.305. The molecule has 0 bridgehead atoms. The first-order valence-corrected chi connectivity index (χ1v) is 6.43. The highest BCUT2D eigenvalue weighted by Gasteiger charge is 2.28. The zero-order chi connectivity index (χ0) is 14.5. The molecule has 2 atom stereocenters. The van der Waals surface area contributed by atoms with E-state index in [-0.39, 0.29) is 5.56 Å². The lowest BCUT2D eigenvalue weighted by Gasteiger charge is -2.24. The van der Waals surface area contributed by atoms with Crippen LogP contribution in [0.1, 0.15) is 30.3 Å². The van der Waals surface area contributed by atoms with E-state index in [1.54, 1.807) is 31.2 Å². The first-order chi connectivity index (χ1) is 9.65. The van der Waals surface area contributed by atoms with Gasteiger partial charge in [0.1, 0.15) is 23.8 Å². The molecule has 2 unspecified atom stereocenters. The fraction of sp³-hybridized carbons (Fsp3) is 0.250. The van der Waals surface area contributed by atoms with Gasteiger partial charge in [-0.05, 0) is 24.6 Å². The molecule has 20 heavy (non-hydrogen) atoms. The van der Waals surface area contributed by atoms with Crippen molar-refractivity contribution in [2.24, 2.45) is 0 Å². The fourth-order valence-corrected chi connectivity index (χ4v) is 2.14. The van der Waals surface area contributed by atoms with Crippen LogP contribution in [-0.2, 0) is 4.74 Å². The molecule has 0 spiro atoms. The summed E-state index contributed by atoms with van der Waals surface area (Å²) in [6.45, 7) is 2.09. The summed E-state index contributed by atoms with van der Waals surface area (Å²) in [5, 5.41) is 10.3. The third kappa shape index (κ3) is 3.03. The number of rotatable bonds is 5. The van der Waals surface area contributed by atoms with Crippen molar-refractivity contribution in [3.63, 3.8) is 0 Å². The SMILES string of the molecule is CCOC(c1ccccc1)C(O)c1c(F)cccc1F. The monoisotopic (exact) mass is 278 g/mol. The summed E-state index contributed by atoms with van der Waals surface area (Å²) in [6, 6.07) is 12.4. The molecule has 0 saturated carbocycles. The van der Waals surface area contributed by atoms with E-state index in [9.17, 15) is 13.9 Å². The van der Waals surface area contributed by atoms with E-state index in [1.807, 2.05) is 6.07 Å². The van der Waals surface area contributed by atoms with Crippen LogP contribution in [0, 0.1) is 11.6 Å². The van der Waals surface area contributed by atoms with Crippen molar-refractivity contribution >= 4 is 0 Å². The minimum absolute atomic E-state index is 0.326. The van der Waals surface area contributed by atoms with E-state index in [4.69, 9.17) is 4.74 Å². The zero-order valence-corrected chi connectivity index (χ0v) is 11.1. The van der Waals surface area contributed by atoms with Gasteiger partial charge in [0.05, 0.1) is 5.56 Å². The highest BCUT2D eigenvalue weighted by atomic mass is 19.1. The Kier molecular flexibility index (Phi) is 4.82. The minimum atomic E-state index is -1.40. The first kappa shape index (κ1) is 14.6. The maximum Gasteiger partial charge on any atom is 0.132 e. The summed E-state index contributed by atoms with van der Waals surface area (Å²) >= 11 is 0. The van der Waals surface area contributed by atoms with E-state index in [1.165, 1.54) is 6.07 Å². The van der Waals surface area contributed by atoms with Gasteiger partial charge in [-0.15, -0.1) is 0 Å². The Balaban J connectivity index is 2.39. The number of aliphatic hydroxyl groups is 1. The molecule has 106 valence electrons. The van der Waals surface area contributed by atoms with E-state index in [0.717, 1.165) is 12.1 Å². The normalized spacial score (nSPS) is 14.0. The molecule has 2 nitrogen and oxygen atoms in total. The number of aliphatic hydroxyl groups excluding tert-OH is 1. The van der Waals surface area contributed by atoms with Crippen LogP contribution in [0.3, 0.4) is 0 Å². The molecular formula is C16H16F2O2. The van der Waals surface area contributed by atoms with Crippen LogP contribution in [0.2, 0.25) is 0 Å². The number of hydrogen-bond acceptors (Lipinski definition) is 2. The van der Waals surface area contributed by atoms with E-state index < -0.39 is 23.8 Å². The van der Waals surface area contributed by atoms with Gasteiger partial charge in [0.25, 0.3) is 0 Å². The molecule has 0 aliphatic rings. The Hall–Kier alpha value is -1.78. The fourth-order valence-electron chi connectivity index (χ4n) is 2.14. The van der Waals surface area contributed by atoms with Crippen LogP contribution < -0.4 is 0 Å². The van der Waals surface area contributed by atoms with Crippen molar-refractivity contribution in [2.75, 3.05) is 6.61 Å². The Labute approximate surface area is 116 Å². The van der Waals surface area contributed by atoms with Crippen molar-refractivity contribution in [1.82, 2.24) is 0 Å². The van der Waals surface area contributed by atoms with Crippen LogP contribution >= 0.6 is 0 Å². The van der Waals surface area contributed by atoms with Crippen molar-refractivity contribution in [1.29, 1.82) is 0 Å². The van der Waals surface area contributed by atoms with Crippen LogP contribution in [0.4, 0.5) is 8.78 Å². The van der Waals surface area contributed by atoms with E-state index in [2.05, 4.69) is 0 Å². The number of halogens is 2. The minimum Gasteiger partial charge on any atom is -0.385 e. The maximum atomic E-state index is 13.8. The molecule has 4 heteroatoms. The molecule has 0 aromatic heterocycles. The van der Waals surface area contributed by atoms with E-state index >= 15 is 0 Å². The molecule has 2 aromatic rings. The van der Waals surface area contributed by atoms with Gasteiger partial charge in [-0.1, -0.05) is 36.4 Å². The molecule has 0 fully saturated rings. The molecule has 0 aliphatic carbocycles. The van der Waals surface area contributed by atoms with Crippen molar-refractivity contribution in [2.45, 2.75) is 19.1 Å². The summed E-state index contributed by atoms with van der Waals surface area (Å²) in [7, 11) is 0. The predicted octanol–water partition coefficient (Wildman–Crippen LogP) is 3.78. The highest BCUT2D eigenvalue weighted by Crippen LogP contribution is 2.34. The number of benzene rings is 2. The third-order valence-electron chi connectivity index (χ3n) is 3.06. The number of hydrogen-bond donors (Lipinski definition) is 1. The quantitative estimate of drug-likeness (QED) is 0.902. The largest absolute Gasteiger partial charge is 0.385 e. The van der Waals surface area contributed by atoms with Crippen LogP contribution in [0.25, 0.3) is 0 Å². The Morgan fingerprint density at radius 1 is 1.00 bits per heavy atom. The van der Waals surface area contributed by atoms with Crippen LogP contribution in [-0.4, -0.2) is 11.7 Å². The molecular weight excluding hydrogens is 262 g/mol. The molecule has 0 amide bonds. The first-order valence-electron chi connectivity index (χ1n) is 6.43. The van der Waals surface area contributed by atoms with Crippen molar-refractivity contribution in [3.05, 3.63) is 71.3 Å². The van der Waals surface area contributed by atoms with Crippen LogP contribution in [0.15, 0.2) is 48.5 Å². The van der Waals surface area contributed by atoms with Gasteiger partial charge in [-0.3, -0.25) is 0 Å². The molecule has 2 aromatic carbocycles. The molecule has 1 N–H and O–H groups in total. The lowest BCUT2D eigenvalue weighted by molar-refractivity contribution is -0.0390. The molecule has 0 radical (unpaired) electrons. The average Bonchev–Trinajstić information content (AvgIpc) is 2.45. The predicted molar refractivity (Wildman–Crippen MR) is 72.1 cm³/mol. The highest BCUT2D eigenvalue weighted by molar-refractivity contribution is 5.27. The van der Waals surface area contributed by atoms with Gasteiger partial charge < -0.3 is 9.84 Å². The maximum absolute atomic E-state index is 13.8. The summed E-state index contributed by atoms with van der Waals surface area (Å²) in [6.07, 6.45) is -2.22. The second-order valence-corrected chi connectivity index (χ2v) is 4.37. The zero-order valence-electron chi connectivity index (χ0n) is 11.1. The summed E-state index contributed by atoms with van der Waals surface area (Å²) in [5.74, 6) is -1.56. The lowest BCUT2D eigenvalue weighted by Crippen LogP contribution is -2.17. The Morgan fingerprint density at radius 2 is 1.60 bits per heavy atom. The van der Waals surface area contributed by atoms with Gasteiger partial charge in [-0.2, -0.15) is 0 Å². The Bertz CT molecular complexity index is 537. The van der Waals surface area contributed by atoms with Gasteiger partial charge in [0.2, 0.25) is 0 Å². The molecule has 0 aliphatic heterocycles. The second kappa shape index (κ2) is 6.59. The standard InChI is InChI=1S/C16H16F2O2/c1-2-20-16(11-7-4-3-5-8-11)15(19)14-12(17)9-6-10-13(14)18/h3-10,15-16,19H,2H2,1H3. The van der Waals surface area contributed by atoms with Gasteiger partial charge in [0.15, 0.2) is 0 Å². The van der Waals surface area contributed by atoms with Crippen LogP contribution in [0.5, 0.6) is 0 Å². The topological polar surface area (TPSA) is 29.5 Å².